The number of fused-ring (bicyclic) bond motifs is 1. The molecule has 0 radical (unpaired) electrons. The van der Waals surface area contributed by atoms with Gasteiger partial charge in [0.15, 0.2) is 0 Å². The number of aryl methyl sites for hydroxylation is 1. The highest BCUT2D eigenvalue weighted by atomic mass is 16.2. The minimum Gasteiger partial charge on any atom is -0.336 e. The van der Waals surface area contributed by atoms with Crippen LogP contribution in [0.2, 0.25) is 0 Å². The van der Waals surface area contributed by atoms with Crippen LogP contribution in [0.5, 0.6) is 0 Å². The second-order valence-corrected chi connectivity index (χ2v) is 6.31. The van der Waals surface area contributed by atoms with Gasteiger partial charge in [-0.15, -0.1) is 0 Å². The van der Waals surface area contributed by atoms with Crippen LogP contribution in [0.25, 0.3) is 10.9 Å². The number of benzene rings is 1. The summed E-state index contributed by atoms with van der Waals surface area (Å²) in [5, 5.41) is 4.34. The van der Waals surface area contributed by atoms with Crippen LogP contribution in [0.1, 0.15) is 42.2 Å². The molecule has 3 rings (SSSR count). The molecule has 0 bridgehead atoms. The Morgan fingerprint density at radius 3 is 2.78 bits per heavy atom. The Bertz CT molecular complexity index is 692. The lowest BCUT2D eigenvalue weighted by Crippen LogP contribution is -2.46. The van der Waals surface area contributed by atoms with Crippen molar-refractivity contribution in [2.45, 2.75) is 39.2 Å². The SMILES string of the molecule is CCCN(C(=O)c1cc(C)nc2ccccc12)C1CCNCC1. The highest BCUT2D eigenvalue weighted by molar-refractivity contribution is 6.06. The van der Waals surface area contributed by atoms with E-state index in [-0.39, 0.29) is 5.91 Å². The third-order valence-electron chi connectivity index (χ3n) is 4.55. The molecule has 1 aliphatic heterocycles. The predicted molar refractivity (Wildman–Crippen MR) is 93.7 cm³/mol. The number of nitrogens with one attached hydrogen (secondary N) is 1. The molecule has 2 heterocycles. The van der Waals surface area contributed by atoms with Crippen molar-refractivity contribution in [2.75, 3.05) is 19.6 Å². The van der Waals surface area contributed by atoms with Crippen molar-refractivity contribution in [3.8, 4) is 0 Å². The minimum atomic E-state index is 0.153. The summed E-state index contributed by atoms with van der Waals surface area (Å²) >= 11 is 0. The van der Waals surface area contributed by atoms with Crippen molar-refractivity contribution in [2.24, 2.45) is 0 Å². The number of carbonyl (C=O) groups is 1. The van der Waals surface area contributed by atoms with E-state index in [0.717, 1.165) is 61.1 Å². The topological polar surface area (TPSA) is 45.2 Å². The maximum atomic E-state index is 13.3. The highest BCUT2D eigenvalue weighted by Gasteiger charge is 2.26. The summed E-state index contributed by atoms with van der Waals surface area (Å²) in [6.45, 7) is 6.90. The van der Waals surface area contributed by atoms with Gasteiger partial charge < -0.3 is 10.2 Å². The normalized spacial score (nSPS) is 15.7. The number of rotatable bonds is 4. The van der Waals surface area contributed by atoms with E-state index in [1.807, 2.05) is 37.3 Å². The Hall–Kier alpha value is -1.94. The molecule has 0 aliphatic carbocycles. The number of hydrogen-bond acceptors (Lipinski definition) is 3. The molecule has 23 heavy (non-hydrogen) atoms. The summed E-state index contributed by atoms with van der Waals surface area (Å²) < 4.78 is 0. The van der Waals surface area contributed by atoms with Crippen LogP contribution in [-0.2, 0) is 0 Å². The Kier molecular flexibility index (Phi) is 4.91. The molecule has 1 aromatic carbocycles. The number of hydrogen-bond donors (Lipinski definition) is 1. The summed E-state index contributed by atoms with van der Waals surface area (Å²) in [4.78, 5) is 19.9. The summed E-state index contributed by atoms with van der Waals surface area (Å²) in [7, 11) is 0. The Morgan fingerprint density at radius 1 is 1.30 bits per heavy atom. The van der Waals surface area contributed by atoms with Crippen LogP contribution in [0, 0.1) is 6.92 Å². The van der Waals surface area contributed by atoms with Gasteiger partial charge in [-0.05, 0) is 51.4 Å². The van der Waals surface area contributed by atoms with Crippen molar-refractivity contribution < 1.29 is 4.79 Å². The zero-order valence-corrected chi connectivity index (χ0v) is 14.0. The van der Waals surface area contributed by atoms with Crippen molar-refractivity contribution in [1.29, 1.82) is 0 Å². The van der Waals surface area contributed by atoms with Crippen molar-refractivity contribution in [3.05, 3.63) is 41.6 Å². The molecule has 1 saturated heterocycles. The van der Waals surface area contributed by atoms with Crippen LogP contribution < -0.4 is 5.32 Å². The van der Waals surface area contributed by atoms with E-state index in [9.17, 15) is 4.79 Å². The van der Waals surface area contributed by atoms with E-state index in [4.69, 9.17) is 0 Å². The molecule has 1 aromatic heterocycles. The molecule has 0 atom stereocenters. The first kappa shape index (κ1) is 15.9. The monoisotopic (exact) mass is 311 g/mol. The Balaban J connectivity index is 1.99. The first-order valence-corrected chi connectivity index (χ1v) is 8.58. The van der Waals surface area contributed by atoms with Gasteiger partial charge in [0.25, 0.3) is 5.91 Å². The molecule has 1 aliphatic rings. The van der Waals surface area contributed by atoms with E-state index in [1.54, 1.807) is 0 Å². The molecular weight excluding hydrogens is 286 g/mol. The average Bonchev–Trinajstić information content (AvgIpc) is 2.59. The summed E-state index contributed by atoms with van der Waals surface area (Å²) in [5.41, 5.74) is 2.59. The highest BCUT2D eigenvalue weighted by Crippen LogP contribution is 2.23. The second-order valence-electron chi connectivity index (χ2n) is 6.31. The molecule has 122 valence electrons. The minimum absolute atomic E-state index is 0.153. The summed E-state index contributed by atoms with van der Waals surface area (Å²) in [6.07, 6.45) is 3.05. The lowest BCUT2D eigenvalue weighted by molar-refractivity contribution is 0.0644. The number of piperidine rings is 1. The Morgan fingerprint density at radius 2 is 2.04 bits per heavy atom. The van der Waals surface area contributed by atoms with Crippen LogP contribution in [0.15, 0.2) is 30.3 Å². The molecule has 1 N–H and O–H groups in total. The molecule has 1 amide bonds. The molecule has 2 aromatic rings. The quantitative estimate of drug-likeness (QED) is 0.943. The van der Waals surface area contributed by atoms with Crippen molar-refractivity contribution >= 4 is 16.8 Å². The van der Waals surface area contributed by atoms with Crippen molar-refractivity contribution in [3.63, 3.8) is 0 Å². The Labute approximate surface area is 137 Å². The summed E-state index contributed by atoms with van der Waals surface area (Å²) in [5.74, 6) is 0.153. The lowest BCUT2D eigenvalue weighted by atomic mass is 10.0. The fourth-order valence-corrected chi connectivity index (χ4v) is 3.45. The van der Waals surface area contributed by atoms with Gasteiger partial charge >= 0.3 is 0 Å². The molecule has 0 spiro atoms. The molecule has 4 heteroatoms. The van der Waals surface area contributed by atoms with Crippen LogP contribution >= 0.6 is 0 Å². The second kappa shape index (κ2) is 7.09. The number of carbonyl (C=O) groups excluding carboxylic acids is 1. The number of aromatic nitrogens is 1. The van der Waals surface area contributed by atoms with Gasteiger partial charge in [0.2, 0.25) is 0 Å². The van der Waals surface area contributed by atoms with Crippen LogP contribution in [0.3, 0.4) is 0 Å². The average molecular weight is 311 g/mol. The molecule has 0 unspecified atom stereocenters. The van der Waals surface area contributed by atoms with Crippen LogP contribution in [0.4, 0.5) is 0 Å². The van der Waals surface area contributed by atoms with E-state index in [2.05, 4.69) is 22.1 Å². The van der Waals surface area contributed by atoms with Crippen LogP contribution in [-0.4, -0.2) is 41.5 Å². The first-order chi connectivity index (χ1) is 11.2. The number of nitrogens with zero attached hydrogens (tertiary/aromatic N) is 2. The predicted octanol–water partition coefficient (Wildman–Crippen LogP) is 3.15. The fraction of sp³-hybridized carbons (Fsp3) is 0.474. The largest absolute Gasteiger partial charge is 0.336 e. The van der Waals surface area contributed by atoms with Crippen molar-refractivity contribution in [1.82, 2.24) is 15.2 Å². The third kappa shape index (κ3) is 3.37. The van der Waals surface area contributed by atoms with Gasteiger partial charge in [-0.2, -0.15) is 0 Å². The van der Waals surface area contributed by atoms with E-state index >= 15 is 0 Å². The third-order valence-corrected chi connectivity index (χ3v) is 4.55. The molecular formula is C19H25N3O. The number of pyridine rings is 1. The van der Waals surface area contributed by atoms with Gasteiger partial charge in [-0.3, -0.25) is 9.78 Å². The lowest BCUT2D eigenvalue weighted by Gasteiger charge is -2.35. The van der Waals surface area contributed by atoms with Gasteiger partial charge in [0.05, 0.1) is 11.1 Å². The smallest absolute Gasteiger partial charge is 0.254 e. The zero-order valence-electron chi connectivity index (χ0n) is 14.0. The zero-order chi connectivity index (χ0) is 16.2. The van der Waals surface area contributed by atoms with E-state index in [0.29, 0.717) is 6.04 Å². The standard InChI is InChI=1S/C19H25N3O/c1-3-12-22(15-8-10-20-11-9-15)19(23)17-13-14(2)21-18-7-5-4-6-16(17)18/h4-7,13,15,20H,3,8-12H2,1-2H3. The van der Waals surface area contributed by atoms with Gasteiger partial charge in [0.1, 0.15) is 0 Å². The van der Waals surface area contributed by atoms with E-state index < -0.39 is 0 Å². The van der Waals surface area contributed by atoms with Gasteiger partial charge in [0, 0.05) is 23.7 Å². The maximum absolute atomic E-state index is 13.3. The first-order valence-electron chi connectivity index (χ1n) is 8.58. The van der Waals surface area contributed by atoms with E-state index in [1.165, 1.54) is 0 Å². The number of para-hydroxylation sites is 1. The summed E-state index contributed by atoms with van der Waals surface area (Å²) in [6, 6.07) is 10.2. The fourth-order valence-electron chi connectivity index (χ4n) is 3.45. The number of amides is 1. The maximum Gasteiger partial charge on any atom is 0.254 e. The van der Waals surface area contributed by atoms with Gasteiger partial charge in [-0.1, -0.05) is 25.1 Å². The van der Waals surface area contributed by atoms with Gasteiger partial charge in [-0.25, -0.2) is 0 Å². The molecule has 1 fully saturated rings. The molecule has 4 nitrogen and oxygen atoms in total. The molecule has 0 saturated carbocycles.